The number of halogens is 4. The highest BCUT2D eigenvalue weighted by atomic mass is 19.4. The van der Waals surface area contributed by atoms with Gasteiger partial charge in [0, 0.05) is 12.7 Å². The second-order valence-electron chi connectivity index (χ2n) is 10.6. The first-order chi connectivity index (χ1) is 17.8. The van der Waals surface area contributed by atoms with Gasteiger partial charge >= 0.3 is 18.7 Å². The Labute approximate surface area is 219 Å². The van der Waals surface area contributed by atoms with E-state index in [0.717, 1.165) is 50.5 Å². The lowest BCUT2D eigenvalue weighted by atomic mass is 9.71. The van der Waals surface area contributed by atoms with Crippen molar-refractivity contribution < 1.29 is 27.2 Å². The Morgan fingerprint density at radius 2 is 1.92 bits per heavy atom. The highest BCUT2D eigenvalue weighted by Gasteiger charge is 2.46. The summed E-state index contributed by atoms with van der Waals surface area (Å²) in [4.78, 5) is 16.9. The molecule has 1 aliphatic carbocycles. The molecule has 0 N–H and O–H groups in total. The Bertz CT molecular complexity index is 1250. The molecule has 4 heterocycles. The van der Waals surface area contributed by atoms with Crippen LogP contribution in [0.1, 0.15) is 55.1 Å². The van der Waals surface area contributed by atoms with Gasteiger partial charge in [-0.2, -0.15) is 13.2 Å². The Kier molecular flexibility index (Phi) is 7.11. The number of carbonyl (C=O) groups excluding carboxylic acids is 1. The number of amides is 1. The summed E-state index contributed by atoms with van der Waals surface area (Å²) in [7, 11) is 1.92. The van der Waals surface area contributed by atoms with Crippen LogP contribution < -0.4 is 0 Å². The average molecular weight is 530 g/mol. The summed E-state index contributed by atoms with van der Waals surface area (Å²) in [6, 6.07) is 7.73. The Morgan fingerprint density at radius 3 is 2.55 bits per heavy atom. The van der Waals surface area contributed by atoms with Crippen LogP contribution in [0.3, 0.4) is 0 Å². The second-order valence-corrected chi connectivity index (χ2v) is 10.6. The number of rotatable bonds is 6. The topological polar surface area (TPSA) is 51.3 Å². The number of likely N-dealkylation sites (tertiary alicyclic amines) is 1. The minimum absolute atomic E-state index is 0. The van der Waals surface area contributed by atoms with E-state index in [0.29, 0.717) is 23.6 Å². The van der Waals surface area contributed by atoms with Crippen molar-refractivity contribution in [3.63, 3.8) is 0 Å². The fourth-order valence-corrected chi connectivity index (χ4v) is 6.07. The quantitative estimate of drug-likeness (QED) is 0.354. The van der Waals surface area contributed by atoms with Gasteiger partial charge in [-0.1, -0.05) is 30.7 Å². The van der Waals surface area contributed by atoms with E-state index < -0.39 is 17.7 Å². The van der Waals surface area contributed by atoms with Crippen molar-refractivity contribution in [2.75, 3.05) is 26.7 Å². The molecule has 2 fully saturated rings. The normalized spacial score (nSPS) is 24.9. The molecule has 201 valence electrons. The van der Waals surface area contributed by atoms with Crippen molar-refractivity contribution in [1.29, 1.82) is 0 Å². The molecule has 1 aromatic carbocycles. The minimum atomic E-state index is -4.55. The lowest BCUT2D eigenvalue weighted by Gasteiger charge is -2.34. The molecule has 1 unspecified atom stereocenters. The summed E-state index contributed by atoms with van der Waals surface area (Å²) in [6.07, 6.45) is 7.74. The first-order valence-electron chi connectivity index (χ1n) is 13.0. The molecule has 1 saturated carbocycles. The third-order valence-electron chi connectivity index (χ3n) is 8.17. The number of carbonyl (C=O) groups is 1. The average Bonchev–Trinajstić information content (AvgIpc) is 3.57. The van der Waals surface area contributed by atoms with E-state index in [9.17, 15) is 18.0 Å². The number of hydrogen-bond acceptors (Lipinski definition) is 4. The molecule has 4 aliphatic heterocycles. The van der Waals surface area contributed by atoms with Gasteiger partial charge in [-0.05, 0) is 78.7 Å². The molecule has 1 radical (unpaired) electrons. The maximum atomic E-state index is 14.1. The summed E-state index contributed by atoms with van der Waals surface area (Å²) in [6.45, 7) is 2.15. The Balaban J connectivity index is 0.00000294. The van der Waals surface area contributed by atoms with Gasteiger partial charge in [-0.15, -0.1) is 0 Å². The van der Waals surface area contributed by atoms with Gasteiger partial charge in [0.1, 0.15) is 0 Å². The van der Waals surface area contributed by atoms with E-state index >= 15 is 0 Å². The van der Waals surface area contributed by atoms with Crippen molar-refractivity contribution in [1.82, 2.24) is 9.80 Å². The second kappa shape index (κ2) is 10.2. The standard InChI is InChI=1S/C28H30F3N5O.FH/c1-34-17-32-33-26(34)25(19-6-4-7-19)21-9-5-8-20(13-21)22-14-24-23(28(29,30)31)12-18(16-36(24)27(22)37)15-35-10-2-3-11-35;/h5,8-9,12-14,16-17,19,22,25H,2-4,6-7,10-11,15H2,1H3;1H/q+1;/t22?,25-;/m0./s1. The van der Waals surface area contributed by atoms with Crippen molar-refractivity contribution in [2.24, 2.45) is 16.1 Å². The van der Waals surface area contributed by atoms with Crippen LogP contribution in [0.5, 0.6) is 0 Å². The zero-order valence-corrected chi connectivity index (χ0v) is 21.2. The minimum Gasteiger partial charge on any atom is -0.299 e. The predicted octanol–water partition coefficient (Wildman–Crippen LogP) is 5.64. The number of alkyl halides is 3. The maximum absolute atomic E-state index is 14.1. The van der Waals surface area contributed by atoms with Crippen molar-refractivity contribution in [3.05, 3.63) is 76.8 Å². The Morgan fingerprint density at radius 1 is 1.16 bits per heavy atom. The number of fused-ring (bicyclic) bond motifs is 1. The molecular formula is C28H31F4N5O+. The molecule has 0 aromatic heterocycles. The van der Waals surface area contributed by atoms with Crippen LogP contribution in [-0.4, -0.2) is 59.5 Å². The smallest absolute Gasteiger partial charge is 0.299 e. The number of allylic oxidation sites excluding steroid dienone is 1. The molecule has 6 nitrogen and oxygen atoms in total. The number of hydrogen-bond donors (Lipinski definition) is 0. The van der Waals surface area contributed by atoms with E-state index in [1.54, 1.807) is 12.5 Å². The van der Waals surface area contributed by atoms with Gasteiger partial charge in [0.05, 0.1) is 35.3 Å². The van der Waals surface area contributed by atoms with Crippen LogP contribution in [0, 0.1) is 12.1 Å². The highest BCUT2D eigenvalue weighted by Crippen LogP contribution is 2.47. The van der Waals surface area contributed by atoms with Crippen molar-refractivity contribution in [3.8, 4) is 0 Å². The summed E-state index contributed by atoms with van der Waals surface area (Å²) in [5.74, 6) is -0.659. The van der Waals surface area contributed by atoms with Gasteiger partial charge < -0.3 is 0 Å². The number of nitrogens with zero attached hydrogens (tertiary/aromatic N) is 5. The van der Waals surface area contributed by atoms with Gasteiger partial charge in [-0.25, -0.2) is 4.58 Å². The van der Waals surface area contributed by atoms with E-state index in [-0.39, 0.29) is 22.2 Å². The summed E-state index contributed by atoms with van der Waals surface area (Å²) in [5, 5.41) is 8.43. The first kappa shape index (κ1) is 26.5. The monoisotopic (exact) mass is 529 g/mol. The van der Waals surface area contributed by atoms with Gasteiger partial charge in [-0.3, -0.25) is 19.3 Å². The molecule has 10 heteroatoms. The van der Waals surface area contributed by atoms with Gasteiger partial charge in [0.25, 0.3) is 0 Å². The maximum Gasteiger partial charge on any atom is 0.418 e. The molecular weight excluding hydrogens is 498 g/mol. The molecule has 38 heavy (non-hydrogen) atoms. The zero-order chi connectivity index (χ0) is 25.7. The largest absolute Gasteiger partial charge is 0.418 e. The summed E-state index contributed by atoms with van der Waals surface area (Å²) < 4.78 is 44.3. The molecule has 0 bridgehead atoms. The molecule has 1 amide bonds. The zero-order valence-electron chi connectivity index (χ0n) is 21.2. The van der Waals surface area contributed by atoms with Crippen LogP contribution in [0.15, 0.2) is 69.7 Å². The number of likely N-dealkylation sites (N-methyl/N-ethyl adjacent to an activating group) is 1. The first-order valence-corrected chi connectivity index (χ1v) is 13.0. The number of azo groups is 1. The van der Waals surface area contributed by atoms with E-state index in [4.69, 9.17) is 0 Å². The third-order valence-corrected chi connectivity index (χ3v) is 8.17. The molecule has 1 aromatic rings. The lowest BCUT2D eigenvalue weighted by molar-refractivity contribution is -0.480. The number of benzene rings is 1. The van der Waals surface area contributed by atoms with Crippen LogP contribution in [-0.2, 0) is 4.79 Å². The SMILES string of the molecule is C[N+]1=CN=N[C]1[C@H](c1cccc(C2C=C3C(C(F)(F)F)=CC(CN4CCCC4)=CN3C2=O)c1)C1CCC1.F. The molecule has 2 atom stereocenters. The third kappa shape index (κ3) is 4.74. The van der Waals surface area contributed by atoms with Crippen LogP contribution in [0.2, 0.25) is 0 Å². The fraction of sp³-hybridized carbons (Fsp3) is 0.464. The van der Waals surface area contributed by atoms with Gasteiger partial charge in [0.15, 0.2) is 0 Å². The van der Waals surface area contributed by atoms with E-state index in [1.165, 1.54) is 23.5 Å². The molecule has 0 spiro atoms. The van der Waals surface area contributed by atoms with E-state index in [1.807, 2.05) is 35.9 Å². The molecule has 1 saturated heterocycles. The van der Waals surface area contributed by atoms with E-state index in [2.05, 4.69) is 15.1 Å². The molecule has 5 aliphatic rings. The van der Waals surface area contributed by atoms with Crippen LogP contribution in [0.4, 0.5) is 17.9 Å². The summed E-state index contributed by atoms with van der Waals surface area (Å²) in [5.41, 5.74) is 1.42. The van der Waals surface area contributed by atoms with Crippen molar-refractivity contribution in [2.45, 2.75) is 50.1 Å². The van der Waals surface area contributed by atoms with Crippen LogP contribution >= 0.6 is 0 Å². The lowest BCUT2D eigenvalue weighted by Crippen LogP contribution is -2.32. The van der Waals surface area contributed by atoms with Crippen molar-refractivity contribution >= 4 is 12.2 Å². The fourth-order valence-electron chi connectivity index (χ4n) is 6.07. The molecule has 6 rings (SSSR count). The summed E-state index contributed by atoms with van der Waals surface area (Å²) >= 11 is 0. The predicted molar refractivity (Wildman–Crippen MR) is 135 cm³/mol. The Hall–Kier alpha value is -3.14. The van der Waals surface area contributed by atoms with Gasteiger partial charge in [0.2, 0.25) is 5.91 Å². The van der Waals surface area contributed by atoms with Crippen LogP contribution in [0.25, 0.3) is 0 Å². The highest BCUT2D eigenvalue weighted by molar-refractivity contribution is 5.93.